The molecule has 1 saturated carbocycles. The molecule has 1 rings (SSSR count). The standard InChI is InChI=1S/C6H11NO/c1-2-3-5-4-6(5)7-8/h5-6H,2-4H2,1H3. The van der Waals surface area contributed by atoms with Gasteiger partial charge in [0, 0.05) is 0 Å². The Hall–Kier alpha value is -0.400. The van der Waals surface area contributed by atoms with Crippen LogP contribution in [-0.4, -0.2) is 6.04 Å². The molecule has 1 aliphatic carbocycles. The second-order valence-corrected chi connectivity index (χ2v) is 2.46. The maximum Gasteiger partial charge on any atom is 0.0952 e. The highest BCUT2D eigenvalue weighted by atomic mass is 16.3. The van der Waals surface area contributed by atoms with Gasteiger partial charge in [-0.05, 0) is 18.8 Å². The summed E-state index contributed by atoms with van der Waals surface area (Å²) in [6, 6.07) is 0.190. The summed E-state index contributed by atoms with van der Waals surface area (Å²) in [5.74, 6) is 0.650. The quantitative estimate of drug-likeness (QED) is 0.514. The summed E-state index contributed by atoms with van der Waals surface area (Å²) in [7, 11) is 0. The zero-order valence-electron chi connectivity index (χ0n) is 5.13. The smallest absolute Gasteiger partial charge is 0.0952 e. The van der Waals surface area contributed by atoms with Gasteiger partial charge in [-0.1, -0.05) is 18.5 Å². The fourth-order valence-corrected chi connectivity index (χ4v) is 1.04. The first-order valence-corrected chi connectivity index (χ1v) is 3.21. The fourth-order valence-electron chi connectivity index (χ4n) is 1.04. The highest BCUT2D eigenvalue weighted by Gasteiger charge is 2.37. The third-order valence-electron chi connectivity index (χ3n) is 1.68. The van der Waals surface area contributed by atoms with E-state index in [4.69, 9.17) is 0 Å². The topological polar surface area (TPSA) is 29.4 Å². The summed E-state index contributed by atoms with van der Waals surface area (Å²) in [5, 5.41) is 2.95. The minimum Gasteiger partial charge on any atom is -0.151 e. The fraction of sp³-hybridized carbons (Fsp3) is 1.00. The van der Waals surface area contributed by atoms with E-state index in [9.17, 15) is 4.91 Å². The van der Waals surface area contributed by atoms with Crippen LogP contribution in [-0.2, 0) is 0 Å². The molecule has 1 fully saturated rings. The van der Waals surface area contributed by atoms with Gasteiger partial charge in [0.1, 0.15) is 0 Å². The van der Waals surface area contributed by atoms with E-state index in [1.807, 2.05) is 0 Å². The third kappa shape index (κ3) is 1.05. The lowest BCUT2D eigenvalue weighted by Gasteiger charge is -1.85. The molecule has 1 aliphatic rings. The Morgan fingerprint density at radius 3 is 2.88 bits per heavy atom. The predicted octanol–water partition coefficient (Wildman–Crippen LogP) is 1.94. The molecule has 0 aromatic carbocycles. The maximum absolute atomic E-state index is 9.80. The van der Waals surface area contributed by atoms with Crippen LogP contribution >= 0.6 is 0 Å². The molecule has 2 nitrogen and oxygen atoms in total. The van der Waals surface area contributed by atoms with E-state index >= 15 is 0 Å². The van der Waals surface area contributed by atoms with Gasteiger partial charge in [0.15, 0.2) is 0 Å². The zero-order valence-corrected chi connectivity index (χ0v) is 5.13. The third-order valence-corrected chi connectivity index (χ3v) is 1.68. The van der Waals surface area contributed by atoms with Gasteiger partial charge < -0.3 is 0 Å². The lowest BCUT2D eigenvalue weighted by atomic mass is 10.2. The first-order valence-electron chi connectivity index (χ1n) is 3.21. The second kappa shape index (κ2) is 2.25. The monoisotopic (exact) mass is 113 g/mol. The molecule has 0 aromatic heterocycles. The van der Waals surface area contributed by atoms with Gasteiger partial charge in [-0.15, -0.1) is 0 Å². The van der Waals surface area contributed by atoms with Crippen molar-refractivity contribution in [1.82, 2.24) is 0 Å². The van der Waals surface area contributed by atoms with Crippen molar-refractivity contribution >= 4 is 0 Å². The average molecular weight is 113 g/mol. The lowest BCUT2D eigenvalue weighted by Crippen LogP contribution is -1.80. The van der Waals surface area contributed by atoms with E-state index in [0.29, 0.717) is 5.92 Å². The lowest BCUT2D eigenvalue weighted by molar-refractivity contribution is 0.682. The minimum absolute atomic E-state index is 0.190. The van der Waals surface area contributed by atoms with Crippen LogP contribution < -0.4 is 0 Å². The van der Waals surface area contributed by atoms with Gasteiger partial charge in [0.25, 0.3) is 0 Å². The number of hydrogen-bond donors (Lipinski definition) is 0. The van der Waals surface area contributed by atoms with E-state index in [0.717, 1.165) is 6.42 Å². The van der Waals surface area contributed by atoms with E-state index < -0.39 is 0 Å². The Labute approximate surface area is 49.3 Å². The molecule has 2 heteroatoms. The number of hydrogen-bond acceptors (Lipinski definition) is 2. The van der Waals surface area contributed by atoms with Crippen molar-refractivity contribution in [2.75, 3.05) is 0 Å². The zero-order chi connectivity index (χ0) is 5.98. The molecule has 8 heavy (non-hydrogen) atoms. The van der Waals surface area contributed by atoms with E-state index in [-0.39, 0.29) is 6.04 Å². The van der Waals surface area contributed by atoms with Crippen LogP contribution in [0.1, 0.15) is 26.2 Å². The summed E-state index contributed by atoms with van der Waals surface area (Å²) < 4.78 is 0. The molecule has 0 heterocycles. The molecular formula is C6H11NO. The molecule has 0 radical (unpaired) electrons. The Bertz CT molecular complexity index is 92.5. The van der Waals surface area contributed by atoms with Crippen LogP contribution in [0, 0.1) is 10.8 Å². The number of nitroso groups, excluding NO2 is 1. The van der Waals surface area contributed by atoms with Crippen LogP contribution in [0.3, 0.4) is 0 Å². The number of nitrogens with zero attached hydrogens (tertiary/aromatic N) is 1. The summed E-state index contributed by atoms with van der Waals surface area (Å²) in [5.41, 5.74) is 0. The van der Waals surface area contributed by atoms with E-state index in [1.54, 1.807) is 0 Å². The SMILES string of the molecule is CCCC1CC1N=O. The molecule has 0 aromatic rings. The molecule has 0 amide bonds. The molecule has 0 bridgehead atoms. The van der Waals surface area contributed by atoms with Gasteiger partial charge in [-0.3, -0.25) is 0 Å². The normalized spacial score (nSPS) is 34.6. The molecule has 2 unspecified atom stereocenters. The highest BCUT2D eigenvalue weighted by Crippen LogP contribution is 2.37. The van der Waals surface area contributed by atoms with Crippen molar-refractivity contribution in [3.63, 3.8) is 0 Å². The van der Waals surface area contributed by atoms with Crippen molar-refractivity contribution in [3.8, 4) is 0 Å². The van der Waals surface area contributed by atoms with Crippen LogP contribution in [0.2, 0.25) is 0 Å². The average Bonchev–Trinajstić information content (AvgIpc) is 2.48. The van der Waals surface area contributed by atoms with Gasteiger partial charge in [0.05, 0.1) is 6.04 Å². The van der Waals surface area contributed by atoms with Gasteiger partial charge in [0.2, 0.25) is 0 Å². The van der Waals surface area contributed by atoms with Crippen molar-refractivity contribution in [3.05, 3.63) is 4.91 Å². The number of rotatable bonds is 3. The van der Waals surface area contributed by atoms with Crippen LogP contribution in [0.25, 0.3) is 0 Å². The molecule has 0 aliphatic heterocycles. The molecule has 0 saturated heterocycles. The molecular weight excluding hydrogens is 102 g/mol. The summed E-state index contributed by atoms with van der Waals surface area (Å²) in [6.07, 6.45) is 3.43. The maximum atomic E-state index is 9.80. The minimum atomic E-state index is 0.190. The predicted molar refractivity (Wildman–Crippen MR) is 32.6 cm³/mol. The summed E-state index contributed by atoms with van der Waals surface area (Å²) >= 11 is 0. The largest absolute Gasteiger partial charge is 0.151 e. The van der Waals surface area contributed by atoms with Crippen molar-refractivity contribution < 1.29 is 0 Å². The Morgan fingerprint density at radius 2 is 2.50 bits per heavy atom. The molecule has 2 atom stereocenters. The van der Waals surface area contributed by atoms with Crippen molar-refractivity contribution in [1.29, 1.82) is 0 Å². The van der Waals surface area contributed by atoms with Crippen molar-refractivity contribution in [2.24, 2.45) is 11.1 Å². The van der Waals surface area contributed by atoms with E-state index in [2.05, 4.69) is 12.1 Å². The van der Waals surface area contributed by atoms with Crippen LogP contribution in [0.5, 0.6) is 0 Å². The summed E-state index contributed by atoms with van der Waals surface area (Å²) in [6.45, 7) is 2.14. The van der Waals surface area contributed by atoms with E-state index in [1.165, 1.54) is 12.8 Å². The first-order chi connectivity index (χ1) is 3.88. The van der Waals surface area contributed by atoms with Crippen LogP contribution in [0.4, 0.5) is 0 Å². The van der Waals surface area contributed by atoms with Crippen LogP contribution in [0.15, 0.2) is 5.18 Å². The highest BCUT2D eigenvalue weighted by molar-refractivity contribution is 4.91. The first kappa shape index (κ1) is 5.73. The molecule has 0 N–H and O–H groups in total. The van der Waals surface area contributed by atoms with Gasteiger partial charge >= 0.3 is 0 Å². The Morgan fingerprint density at radius 1 is 1.75 bits per heavy atom. The second-order valence-electron chi connectivity index (χ2n) is 2.46. The van der Waals surface area contributed by atoms with Crippen molar-refractivity contribution in [2.45, 2.75) is 32.2 Å². The summed E-state index contributed by atoms with van der Waals surface area (Å²) in [4.78, 5) is 9.80. The molecule has 0 spiro atoms. The van der Waals surface area contributed by atoms with Gasteiger partial charge in [-0.2, -0.15) is 4.91 Å². The molecule has 46 valence electrons. The Balaban J connectivity index is 2.07. The van der Waals surface area contributed by atoms with Gasteiger partial charge in [-0.25, -0.2) is 0 Å². The Kier molecular flexibility index (Phi) is 1.61.